The molecule has 1 aliphatic heterocycles. The Bertz CT molecular complexity index is 246. The van der Waals surface area contributed by atoms with E-state index in [0.717, 1.165) is 19.4 Å². The lowest BCUT2D eigenvalue weighted by atomic mass is 10.1. The monoisotopic (exact) mass is 258 g/mol. The molecule has 18 heavy (non-hydrogen) atoms. The molecule has 106 valence electrons. The normalized spacial score (nSPS) is 20.4. The van der Waals surface area contributed by atoms with E-state index >= 15 is 0 Å². The van der Waals surface area contributed by atoms with Gasteiger partial charge < -0.3 is 19.7 Å². The second-order valence-corrected chi connectivity index (χ2v) is 5.02. The van der Waals surface area contributed by atoms with Gasteiger partial charge in [-0.2, -0.15) is 0 Å². The second-order valence-electron chi connectivity index (χ2n) is 5.02. The maximum Gasteiger partial charge on any atom is 0.248 e. The van der Waals surface area contributed by atoms with E-state index in [-0.39, 0.29) is 18.6 Å². The Morgan fingerprint density at radius 1 is 1.56 bits per heavy atom. The topological polar surface area (TPSA) is 50.8 Å². The van der Waals surface area contributed by atoms with Crippen molar-refractivity contribution in [2.45, 2.75) is 38.8 Å². The Morgan fingerprint density at radius 2 is 2.33 bits per heavy atom. The van der Waals surface area contributed by atoms with E-state index in [2.05, 4.69) is 19.2 Å². The van der Waals surface area contributed by atoms with Gasteiger partial charge in [0.05, 0.1) is 12.7 Å². The van der Waals surface area contributed by atoms with Crippen molar-refractivity contribution in [1.29, 1.82) is 0 Å². The number of amides is 1. The number of hydrogen-bond acceptors (Lipinski definition) is 4. The van der Waals surface area contributed by atoms with Crippen LogP contribution in [0.4, 0.5) is 0 Å². The van der Waals surface area contributed by atoms with E-state index in [1.807, 2.05) is 4.90 Å². The highest BCUT2D eigenvalue weighted by atomic mass is 16.5. The van der Waals surface area contributed by atoms with Crippen LogP contribution >= 0.6 is 0 Å². The Hall–Kier alpha value is -0.650. The first-order chi connectivity index (χ1) is 8.63. The van der Waals surface area contributed by atoms with Gasteiger partial charge in [-0.15, -0.1) is 0 Å². The van der Waals surface area contributed by atoms with Crippen molar-refractivity contribution >= 4 is 5.91 Å². The molecule has 1 unspecified atom stereocenters. The summed E-state index contributed by atoms with van der Waals surface area (Å²) < 4.78 is 10.6. The van der Waals surface area contributed by atoms with Crippen LogP contribution in [0.3, 0.4) is 0 Å². The minimum Gasteiger partial charge on any atom is -0.375 e. The van der Waals surface area contributed by atoms with Gasteiger partial charge in [-0.25, -0.2) is 0 Å². The maximum atomic E-state index is 11.7. The average molecular weight is 258 g/mol. The third-order valence-electron chi connectivity index (χ3n) is 3.01. The molecule has 1 rings (SSSR count). The summed E-state index contributed by atoms with van der Waals surface area (Å²) in [6.07, 6.45) is 2.25. The molecule has 0 aromatic rings. The van der Waals surface area contributed by atoms with E-state index in [0.29, 0.717) is 25.7 Å². The largest absolute Gasteiger partial charge is 0.375 e. The molecule has 5 heteroatoms. The van der Waals surface area contributed by atoms with E-state index in [4.69, 9.17) is 9.47 Å². The predicted octanol–water partition coefficient (Wildman–Crippen LogP) is 0.638. The smallest absolute Gasteiger partial charge is 0.248 e. The maximum absolute atomic E-state index is 11.7. The van der Waals surface area contributed by atoms with Gasteiger partial charge in [0.1, 0.15) is 6.61 Å². The number of morpholine rings is 1. The van der Waals surface area contributed by atoms with E-state index in [1.165, 1.54) is 0 Å². The quantitative estimate of drug-likeness (QED) is 0.681. The summed E-state index contributed by atoms with van der Waals surface area (Å²) in [6.45, 7) is 7.47. The molecule has 0 aliphatic carbocycles. The van der Waals surface area contributed by atoms with Gasteiger partial charge in [0.2, 0.25) is 5.91 Å². The van der Waals surface area contributed by atoms with Gasteiger partial charge in [0.25, 0.3) is 0 Å². The fourth-order valence-corrected chi connectivity index (χ4v) is 2.06. The van der Waals surface area contributed by atoms with Gasteiger partial charge in [0.15, 0.2) is 0 Å². The first kappa shape index (κ1) is 15.4. The van der Waals surface area contributed by atoms with Crippen molar-refractivity contribution in [2.75, 3.05) is 40.0 Å². The molecule has 1 fully saturated rings. The van der Waals surface area contributed by atoms with Crippen LogP contribution in [0.2, 0.25) is 0 Å². The van der Waals surface area contributed by atoms with Crippen LogP contribution < -0.4 is 5.32 Å². The van der Waals surface area contributed by atoms with Crippen LogP contribution in [0.1, 0.15) is 26.7 Å². The molecule has 0 spiro atoms. The third kappa shape index (κ3) is 5.80. The molecule has 0 aromatic carbocycles. The average Bonchev–Trinajstić information content (AvgIpc) is 2.35. The molecule has 1 saturated heterocycles. The number of carbonyl (C=O) groups is 1. The van der Waals surface area contributed by atoms with Crippen LogP contribution in [0, 0.1) is 0 Å². The standard InChI is InChI=1S/C13H26N2O3/c1-11(2)14-6-4-5-12-9-15(7-8-18-12)13(16)10-17-3/h11-12,14H,4-10H2,1-3H3. The lowest BCUT2D eigenvalue weighted by molar-refractivity contribution is -0.142. The minimum absolute atomic E-state index is 0.0612. The van der Waals surface area contributed by atoms with Crippen molar-refractivity contribution in [3.8, 4) is 0 Å². The number of hydrogen-bond donors (Lipinski definition) is 1. The molecule has 1 aliphatic rings. The van der Waals surface area contributed by atoms with Crippen molar-refractivity contribution in [3.63, 3.8) is 0 Å². The SMILES string of the molecule is COCC(=O)N1CCOC(CCCNC(C)C)C1. The van der Waals surface area contributed by atoms with Crippen molar-refractivity contribution in [3.05, 3.63) is 0 Å². The molecule has 0 aromatic heterocycles. The van der Waals surface area contributed by atoms with Gasteiger partial charge in [0, 0.05) is 26.2 Å². The van der Waals surface area contributed by atoms with Gasteiger partial charge in [-0.3, -0.25) is 4.79 Å². The number of ether oxygens (including phenoxy) is 2. The molecule has 0 bridgehead atoms. The molecular weight excluding hydrogens is 232 g/mol. The van der Waals surface area contributed by atoms with Crippen LogP contribution in [0.15, 0.2) is 0 Å². The van der Waals surface area contributed by atoms with Crippen LogP contribution in [-0.2, 0) is 14.3 Å². The van der Waals surface area contributed by atoms with E-state index < -0.39 is 0 Å². The molecule has 0 saturated carbocycles. The predicted molar refractivity (Wildman–Crippen MR) is 70.6 cm³/mol. The number of nitrogens with zero attached hydrogens (tertiary/aromatic N) is 1. The summed E-state index contributed by atoms with van der Waals surface area (Å²) in [5.74, 6) is 0.0612. The molecule has 0 radical (unpaired) electrons. The van der Waals surface area contributed by atoms with Gasteiger partial charge in [-0.1, -0.05) is 13.8 Å². The lowest BCUT2D eigenvalue weighted by Gasteiger charge is -2.33. The van der Waals surface area contributed by atoms with Crippen LogP contribution in [-0.4, -0.2) is 62.9 Å². The summed E-state index contributed by atoms with van der Waals surface area (Å²) in [5, 5.41) is 3.38. The second kappa shape index (κ2) is 8.45. The fourth-order valence-electron chi connectivity index (χ4n) is 2.06. The van der Waals surface area contributed by atoms with Crippen molar-refractivity contribution in [1.82, 2.24) is 10.2 Å². The summed E-state index contributed by atoms with van der Waals surface area (Å²) in [5.41, 5.74) is 0. The molecule has 1 N–H and O–H groups in total. The number of carbonyl (C=O) groups excluding carboxylic acids is 1. The molecule has 1 atom stereocenters. The molecular formula is C13H26N2O3. The van der Waals surface area contributed by atoms with Crippen molar-refractivity contribution < 1.29 is 14.3 Å². The van der Waals surface area contributed by atoms with E-state index in [1.54, 1.807) is 7.11 Å². The number of nitrogens with one attached hydrogen (secondary N) is 1. The zero-order valence-corrected chi connectivity index (χ0v) is 11.8. The minimum atomic E-state index is 0.0612. The summed E-state index contributed by atoms with van der Waals surface area (Å²) >= 11 is 0. The first-order valence-corrected chi connectivity index (χ1v) is 6.75. The highest BCUT2D eigenvalue weighted by molar-refractivity contribution is 5.77. The van der Waals surface area contributed by atoms with Gasteiger partial charge in [-0.05, 0) is 19.4 Å². The zero-order chi connectivity index (χ0) is 13.4. The number of rotatable bonds is 7. The summed E-state index contributed by atoms with van der Waals surface area (Å²) in [6, 6.07) is 0.525. The Balaban J connectivity index is 2.20. The Kier molecular flexibility index (Phi) is 7.23. The van der Waals surface area contributed by atoms with E-state index in [9.17, 15) is 4.79 Å². The summed E-state index contributed by atoms with van der Waals surface area (Å²) in [7, 11) is 1.55. The Morgan fingerprint density at radius 3 is 3.00 bits per heavy atom. The highest BCUT2D eigenvalue weighted by Crippen LogP contribution is 2.10. The third-order valence-corrected chi connectivity index (χ3v) is 3.01. The first-order valence-electron chi connectivity index (χ1n) is 6.75. The van der Waals surface area contributed by atoms with Gasteiger partial charge >= 0.3 is 0 Å². The van der Waals surface area contributed by atoms with Crippen LogP contribution in [0.25, 0.3) is 0 Å². The molecule has 5 nitrogen and oxygen atoms in total. The summed E-state index contributed by atoms with van der Waals surface area (Å²) in [4.78, 5) is 13.5. The lowest BCUT2D eigenvalue weighted by Crippen LogP contribution is -2.47. The molecule has 1 amide bonds. The fraction of sp³-hybridized carbons (Fsp3) is 0.923. The molecule has 1 heterocycles. The van der Waals surface area contributed by atoms with Crippen molar-refractivity contribution in [2.24, 2.45) is 0 Å². The van der Waals surface area contributed by atoms with Crippen LogP contribution in [0.5, 0.6) is 0 Å². The zero-order valence-electron chi connectivity index (χ0n) is 11.8. The highest BCUT2D eigenvalue weighted by Gasteiger charge is 2.23. The number of methoxy groups -OCH3 is 1. The Labute approximate surface area is 110 Å².